The van der Waals surface area contributed by atoms with Gasteiger partial charge in [0.2, 0.25) is 34.8 Å². The van der Waals surface area contributed by atoms with Crippen molar-refractivity contribution in [3.8, 4) is 5.75 Å². The molecule has 1 fully saturated rings. The zero-order valence-corrected chi connectivity index (χ0v) is 25.8. The summed E-state index contributed by atoms with van der Waals surface area (Å²) in [6.07, 6.45) is -1.43. The molecule has 1 aliphatic rings. The first kappa shape index (κ1) is 40.4. The van der Waals surface area contributed by atoms with Crippen LogP contribution in [0, 0.1) is 69.0 Å². The molecule has 1 aliphatic heterocycles. The van der Waals surface area contributed by atoms with Gasteiger partial charge < -0.3 is 25.2 Å². The number of hydrogen-bond donors (Lipinski definition) is 4. The maximum absolute atomic E-state index is 13.9. The van der Waals surface area contributed by atoms with Crippen LogP contribution < -0.4 is 4.74 Å². The summed E-state index contributed by atoms with van der Waals surface area (Å²) in [5.74, 6) is -20.4. The molecule has 0 aromatic heterocycles. The Morgan fingerprint density at radius 1 is 0.600 bits per heavy atom. The number of ether oxygens (including phenoxy) is 1. The van der Waals surface area contributed by atoms with Crippen molar-refractivity contribution in [2.75, 3.05) is 72.0 Å². The van der Waals surface area contributed by atoms with Gasteiger partial charge in [0.05, 0.1) is 19.6 Å². The topological polar surface area (TPSA) is 188 Å². The van der Waals surface area contributed by atoms with Crippen molar-refractivity contribution in [3.05, 3.63) is 29.1 Å². The fraction of sp³-hybridized carbons (Fsp3) is 0.560. The Labute approximate surface area is 285 Å². The molecule has 1 saturated heterocycles. The third-order valence-corrected chi connectivity index (χ3v) is 6.68. The normalized spacial score (nSPS) is 16.9. The molecule has 45 heavy (non-hydrogen) atoms. The Morgan fingerprint density at radius 3 is 1.27 bits per heavy atom. The predicted octanol–water partition coefficient (Wildman–Crippen LogP) is -0.00370. The Morgan fingerprint density at radius 2 is 0.933 bits per heavy atom. The van der Waals surface area contributed by atoms with Crippen LogP contribution in [-0.4, -0.2) is 148 Å². The molecule has 254 valence electrons. The van der Waals surface area contributed by atoms with Crippen LogP contribution in [0.1, 0.15) is 12.8 Å². The second-order valence-corrected chi connectivity index (χ2v) is 9.81. The minimum atomic E-state index is -2.47. The van der Waals surface area contributed by atoms with Gasteiger partial charge in [-0.3, -0.25) is 43.6 Å². The first-order chi connectivity index (χ1) is 20.6. The molecule has 0 radical (unpaired) electrons. The van der Waals surface area contributed by atoms with Crippen LogP contribution in [-0.2, 0) is 24.0 Å². The molecule has 4 N–H and O–H groups in total. The van der Waals surface area contributed by atoms with Crippen molar-refractivity contribution in [2.45, 2.75) is 18.9 Å². The van der Waals surface area contributed by atoms with Crippen LogP contribution in [0.3, 0.4) is 0 Å². The monoisotopic (exact) mass is 800 g/mol. The fourth-order valence-electron chi connectivity index (χ4n) is 4.47. The molecule has 0 aliphatic carbocycles. The minimum Gasteiger partial charge on any atom is -0.480 e. The van der Waals surface area contributed by atoms with E-state index in [1.807, 2.05) is 0 Å². The zero-order valence-electron chi connectivity index (χ0n) is 23.5. The van der Waals surface area contributed by atoms with E-state index < -0.39 is 103 Å². The van der Waals surface area contributed by atoms with Crippen molar-refractivity contribution in [3.63, 3.8) is 0 Å². The Hall–Kier alpha value is -2.62. The summed E-state index contributed by atoms with van der Waals surface area (Å²) in [6, 6.07) is -1.51. The first-order valence-corrected chi connectivity index (χ1v) is 13.1. The largest absolute Gasteiger partial charge is 0.480 e. The summed E-state index contributed by atoms with van der Waals surface area (Å²) in [5, 5.41) is 37.8. The van der Waals surface area contributed by atoms with Crippen LogP contribution in [0.25, 0.3) is 0 Å². The number of esters is 1. The molecule has 1 heterocycles. The smallest absolute Gasteiger partial charge is 0.320 e. The Balaban J connectivity index is 0.0000101. The summed E-state index contributed by atoms with van der Waals surface area (Å²) < 4.78 is 72.4. The van der Waals surface area contributed by atoms with Crippen LogP contribution in [0.4, 0.5) is 22.0 Å². The van der Waals surface area contributed by atoms with E-state index in [-0.39, 0.29) is 92.3 Å². The molecule has 14 nitrogen and oxygen atoms in total. The van der Waals surface area contributed by atoms with Gasteiger partial charge in [-0.1, -0.05) is 0 Å². The summed E-state index contributed by atoms with van der Waals surface area (Å²) in [5.41, 5.74) is 0. The van der Waals surface area contributed by atoms with E-state index >= 15 is 0 Å². The minimum absolute atomic E-state index is 0. The molecule has 0 saturated carbocycles. The van der Waals surface area contributed by atoms with Crippen molar-refractivity contribution in [2.24, 2.45) is 0 Å². The SMILES string of the molecule is O=C(O)CN1CCN(CC(=O)O)CCN(C(CCC(=O)Oc2c(F)c(F)c(F)c(F)c2F)C(=O)O)CCN(CC(=O)O)CC1.[Gd]. The number of halogens is 5. The van der Waals surface area contributed by atoms with Crippen LogP contribution in [0.15, 0.2) is 0 Å². The fourth-order valence-corrected chi connectivity index (χ4v) is 4.47. The maximum Gasteiger partial charge on any atom is 0.320 e. The van der Waals surface area contributed by atoms with Gasteiger partial charge in [-0.05, 0) is 6.42 Å². The van der Waals surface area contributed by atoms with E-state index in [2.05, 4.69) is 4.74 Å². The van der Waals surface area contributed by atoms with E-state index in [0.717, 1.165) is 0 Å². The van der Waals surface area contributed by atoms with Crippen molar-refractivity contribution in [1.82, 2.24) is 19.6 Å². The van der Waals surface area contributed by atoms with Gasteiger partial charge in [-0.15, -0.1) is 0 Å². The summed E-state index contributed by atoms with van der Waals surface area (Å²) in [6.45, 7) is -1.42. The van der Waals surface area contributed by atoms with Crippen LogP contribution in [0.5, 0.6) is 5.75 Å². The molecule has 0 spiro atoms. The van der Waals surface area contributed by atoms with Crippen molar-refractivity contribution < 1.29 is 111 Å². The summed E-state index contributed by atoms with van der Waals surface area (Å²) in [4.78, 5) is 64.3. The Kier molecular flexibility index (Phi) is 17.2. The van der Waals surface area contributed by atoms with Crippen LogP contribution in [0.2, 0.25) is 0 Å². The first-order valence-electron chi connectivity index (χ1n) is 13.1. The summed E-state index contributed by atoms with van der Waals surface area (Å²) >= 11 is 0. The second kappa shape index (κ2) is 19.1. The van der Waals surface area contributed by atoms with Gasteiger partial charge in [-0.25, -0.2) is 13.2 Å². The molecular formula is C25H31F5GdN4O10. The second-order valence-electron chi connectivity index (χ2n) is 9.81. The molecule has 1 atom stereocenters. The number of carboxylic acids is 4. The van der Waals surface area contributed by atoms with Crippen molar-refractivity contribution >= 4 is 29.8 Å². The van der Waals surface area contributed by atoms with Crippen LogP contribution >= 0.6 is 0 Å². The zero-order chi connectivity index (χ0) is 33.1. The van der Waals surface area contributed by atoms with Gasteiger partial charge in [0.15, 0.2) is 0 Å². The predicted molar refractivity (Wildman–Crippen MR) is 136 cm³/mol. The molecule has 1 unspecified atom stereocenters. The number of benzene rings is 1. The number of carbonyl (C=O) groups is 5. The quantitative estimate of drug-likeness (QED) is 0.0728. The number of hydrogen-bond acceptors (Lipinski definition) is 10. The van der Waals surface area contributed by atoms with E-state index in [1.54, 1.807) is 0 Å². The molecule has 2 rings (SSSR count). The third-order valence-electron chi connectivity index (χ3n) is 6.68. The van der Waals surface area contributed by atoms with Gasteiger partial charge in [0, 0.05) is 98.7 Å². The third kappa shape index (κ3) is 13.0. The van der Waals surface area contributed by atoms with E-state index in [1.165, 1.54) is 19.6 Å². The number of aliphatic carboxylic acids is 4. The molecule has 0 bridgehead atoms. The van der Waals surface area contributed by atoms with E-state index in [0.29, 0.717) is 0 Å². The Bertz CT molecular complexity index is 1190. The van der Waals surface area contributed by atoms with Crippen molar-refractivity contribution in [1.29, 1.82) is 0 Å². The van der Waals surface area contributed by atoms with Gasteiger partial charge >= 0.3 is 29.8 Å². The molecular weight excluding hydrogens is 769 g/mol. The maximum atomic E-state index is 13.9. The average Bonchev–Trinajstić information content (AvgIpc) is 2.93. The number of carbonyl (C=O) groups excluding carboxylic acids is 1. The standard InChI is InChI=1S/C25H31F5N4O10.Gd/c26-19-20(27)22(29)24(23(30)21(19)28)44-18(41)2-1-14(25(42)43)34-9-7-32(12-16(37)38)5-3-31(11-15(35)36)4-6-33(8-10-34)13-17(39)40;/h14H,1-13H2,(H,35,36)(H,37,38)(H,39,40)(H,42,43);. The summed E-state index contributed by atoms with van der Waals surface area (Å²) in [7, 11) is 0. The van der Waals surface area contributed by atoms with Gasteiger partial charge in [0.1, 0.15) is 6.04 Å². The average molecular weight is 800 g/mol. The molecule has 0 amide bonds. The van der Waals surface area contributed by atoms with Gasteiger partial charge in [-0.2, -0.15) is 8.78 Å². The molecule has 20 heteroatoms. The van der Waals surface area contributed by atoms with Gasteiger partial charge in [0.25, 0.3) is 0 Å². The number of rotatable bonds is 12. The molecule has 1 aromatic carbocycles. The van der Waals surface area contributed by atoms with E-state index in [4.69, 9.17) is 0 Å². The van der Waals surface area contributed by atoms with E-state index in [9.17, 15) is 66.4 Å². The molecule has 1 aromatic rings. The number of carboxylic acid groups (broad SMARTS) is 4. The number of nitrogens with zero attached hydrogens (tertiary/aromatic N) is 4.